The van der Waals surface area contributed by atoms with Crippen molar-refractivity contribution in [3.63, 3.8) is 0 Å². The zero-order chi connectivity index (χ0) is 13.0. The summed E-state index contributed by atoms with van der Waals surface area (Å²) in [6.45, 7) is 2.63. The Labute approximate surface area is 112 Å². The third kappa shape index (κ3) is 2.74. The minimum atomic E-state index is 0.470. The molecular weight excluding hydrogens is 248 g/mol. The summed E-state index contributed by atoms with van der Waals surface area (Å²) in [4.78, 5) is 6.46. The lowest BCUT2D eigenvalue weighted by atomic mass is 9.93. The summed E-state index contributed by atoms with van der Waals surface area (Å²) < 4.78 is 0. The van der Waals surface area contributed by atoms with Gasteiger partial charge in [-0.1, -0.05) is 11.6 Å². The molecule has 1 fully saturated rings. The monoisotopic (exact) mass is 264 g/mol. The van der Waals surface area contributed by atoms with E-state index in [1.807, 2.05) is 0 Å². The lowest BCUT2D eigenvalue weighted by molar-refractivity contribution is 0.385. The predicted molar refractivity (Wildman–Crippen MR) is 72.6 cm³/mol. The highest BCUT2D eigenvalue weighted by atomic mass is 35.5. The van der Waals surface area contributed by atoms with Gasteiger partial charge in [-0.25, -0.2) is 4.98 Å². The molecule has 0 saturated carbocycles. The van der Waals surface area contributed by atoms with Gasteiger partial charge in [-0.15, -0.1) is 0 Å². The number of rotatable bonds is 3. The molecule has 0 spiro atoms. The van der Waals surface area contributed by atoms with E-state index in [-0.39, 0.29) is 0 Å². The van der Waals surface area contributed by atoms with E-state index in [4.69, 9.17) is 22.6 Å². The number of nitrogens with zero attached hydrogens (tertiary/aromatic N) is 3. The van der Waals surface area contributed by atoms with Gasteiger partial charge in [0.2, 0.25) is 0 Å². The molecule has 18 heavy (non-hydrogen) atoms. The molecule has 1 aromatic heterocycles. The lowest BCUT2D eigenvalue weighted by Crippen LogP contribution is -2.35. The first-order valence-electron chi connectivity index (χ1n) is 6.26. The zero-order valence-corrected chi connectivity index (χ0v) is 11.0. The molecule has 1 aromatic rings. The van der Waals surface area contributed by atoms with E-state index in [9.17, 15) is 0 Å². The Morgan fingerprint density at radius 1 is 1.50 bits per heavy atom. The standard InChI is InChI=1S/C13H17ClN4/c14-12-11(9-16)2-6-17-13(12)18-7-3-10(1-5-15)4-8-18/h2,6,10H,1,3-5,7-8,15H2. The van der Waals surface area contributed by atoms with Gasteiger partial charge < -0.3 is 10.6 Å². The SMILES string of the molecule is N#Cc1ccnc(N2CCC(CCN)CC2)c1Cl. The largest absolute Gasteiger partial charge is 0.355 e. The third-order valence-electron chi connectivity index (χ3n) is 3.48. The summed E-state index contributed by atoms with van der Waals surface area (Å²) >= 11 is 6.19. The van der Waals surface area contributed by atoms with Crippen LogP contribution in [0, 0.1) is 17.2 Å². The predicted octanol–water partition coefficient (Wildman–Crippen LogP) is 2.17. The molecule has 5 heteroatoms. The highest BCUT2D eigenvalue weighted by Crippen LogP contribution is 2.30. The molecule has 0 aliphatic carbocycles. The number of halogens is 1. The fraction of sp³-hybridized carbons (Fsp3) is 0.538. The summed E-state index contributed by atoms with van der Waals surface area (Å²) in [5.41, 5.74) is 6.08. The van der Waals surface area contributed by atoms with E-state index < -0.39 is 0 Å². The number of hydrogen-bond donors (Lipinski definition) is 1. The van der Waals surface area contributed by atoms with Gasteiger partial charge in [-0.2, -0.15) is 5.26 Å². The number of anilines is 1. The van der Waals surface area contributed by atoms with Gasteiger partial charge in [0.05, 0.1) is 5.56 Å². The van der Waals surface area contributed by atoms with Crippen molar-refractivity contribution in [1.29, 1.82) is 5.26 Å². The van der Waals surface area contributed by atoms with Crippen LogP contribution in [0.3, 0.4) is 0 Å². The van der Waals surface area contributed by atoms with Crippen molar-refractivity contribution in [3.8, 4) is 6.07 Å². The maximum absolute atomic E-state index is 8.96. The Balaban J connectivity index is 2.08. The highest BCUT2D eigenvalue weighted by Gasteiger charge is 2.22. The van der Waals surface area contributed by atoms with Crippen LogP contribution in [0.15, 0.2) is 12.3 Å². The smallest absolute Gasteiger partial charge is 0.148 e. The molecule has 2 N–H and O–H groups in total. The van der Waals surface area contributed by atoms with E-state index in [1.165, 1.54) is 0 Å². The van der Waals surface area contributed by atoms with Crippen LogP contribution in [0.2, 0.25) is 5.02 Å². The van der Waals surface area contributed by atoms with Crippen LogP contribution < -0.4 is 10.6 Å². The van der Waals surface area contributed by atoms with Crippen molar-refractivity contribution in [1.82, 2.24) is 4.98 Å². The van der Waals surface area contributed by atoms with Crippen molar-refractivity contribution in [3.05, 3.63) is 22.8 Å². The van der Waals surface area contributed by atoms with Crippen molar-refractivity contribution in [2.24, 2.45) is 11.7 Å². The highest BCUT2D eigenvalue weighted by molar-refractivity contribution is 6.34. The second-order valence-electron chi connectivity index (χ2n) is 4.62. The Kier molecular flexibility index (Phi) is 4.40. The van der Waals surface area contributed by atoms with E-state index in [2.05, 4.69) is 16.0 Å². The first-order valence-corrected chi connectivity index (χ1v) is 6.63. The minimum Gasteiger partial charge on any atom is -0.355 e. The van der Waals surface area contributed by atoms with Crippen LogP contribution in [0.25, 0.3) is 0 Å². The molecule has 0 aromatic carbocycles. The van der Waals surface area contributed by atoms with Crippen molar-refractivity contribution >= 4 is 17.4 Å². The van der Waals surface area contributed by atoms with E-state index >= 15 is 0 Å². The van der Waals surface area contributed by atoms with Gasteiger partial charge in [-0.05, 0) is 37.8 Å². The molecule has 1 aliphatic heterocycles. The average molecular weight is 265 g/mol. The van der Waals surface area contributed by atoms with Crippen molar-refractivity contribution < 1.29 is 0 Å². The number of pyridine rings is 1. The van der Waals surface area contributed by atoms with E-state index in [0.29, 0.717) is 16.5 Å². The molecule has 0 radical (unpaired) electrons. The third-order valence-corrected chi connectivity index (χ3v) is 3.85. The molecule has 2 rings (SSSR count). The van der Waals surface area contributed by atoms with Crippen molar-refractivity contribution in [2.75, 3.05) is 24.5 Å². The number of aromatic nitrogens is 1. The van der Waals surface area contributed by atoms with Crippen LogP contribution >= 0.6 is 11.6 Å². The van der Waals surface area contributed by atoms with Crippen LogP contribution in [0.4, 0.5) is 5.82 Å². The fourth-order valence-electron chi connectivity index (χ4n) is 2.41. The second kappa shape index (κ2) is 6.03. The second-order valence-corrected chi connectivity index (χ2v) is 4.99. The zero-order valence-electron chi connectivity index (χ0n) is 10.3. The molecular formula is C13H17ClN4. The molecule has 0 amide bonds. The number of hydrogen-bond acceptors (Lipinski definition) is 4. The molecule has 1 saturated heterocycles. The minimum absolute atomic E-state index is 0.470. The van der Waals surface area contributed by atoms with Crippen LogP contribution in [-0.2, 0) is 0 Å². The van der Waals surface area contributed by atoms with Gasteiger partial charge in [0, 0.05) is 19.3 Å². The Morgan fingerprint density at radius 2 is 2.22 bits per heavy atom. The first kappa shape index (κ1) is 13.1. The summed E-state index contributed by atoms with van der Waals surface area (Å²) in [5, 5.41) is 9.43. The molecule has 96 valence electrons. The summed E-state index contributed by atoms with van der Waals surface area (Å²) in [6, 6.07) is 3.73. The number of nitriles is 1. The van der Waals surface area contributed by atoms with Gasteiger partial charge in [0.1, 0.15) is 16.9 Å². The van der Waals surface area contributed by atoms with E-state index in [0.717, 1.165) is 44.7 Å². The summed E-state index contributed by atoms with van der Waals surface area (Å²) in [5.74, 6) is 1.45. The Morgan fingerprint density at radius 3 is 2.83 bits per heavy atom. The van der Waals surface area contributed by atoms with Crippen LogP contribution in [0.1, 0.15) is 24.8 Å². The number of nitrogens with two attached hydrogens (primary N) is 1. The van der Waals surface area contributed by atoms with Gasteiger partial charge in [0.15, 0.2) is 0 Å². The molecule has 0 unspecified atom stereocenters. The van der Waals surface area contributed by atoms with Gasteiger partial charge in [0.25, 0.3) is 0 Å². The van der Waals surface area contributed by atoms with Gasteiger partial charge >= 0.3 is 0 Å². The molecule has 0 bridgehead atoms. The summed E-state index contributed by atoms with van der Waals surface area (Å²) in [6.07, 6.45) is 4.97. The fourth-order valence-corrected chi connectivity index (χ4v) is 2.68. The molecule has 1 aliphatic rings. The quantitative estimate of drug-likeness (QED) is 0.909. The van der Waals surface area contributed by atoms with Crippen molar-refractivity contribution in [2.45, 2.75) is 19.3 Å². The maximum atomic E-state index is 8.96. The van der Waals surface area contributed by atoms with Crippen LogP contribution in [-0.4, -0.2) is 24.6 Å². The molecule has 4 nitrogen and oxygen atoms in total. The topological polar surface area (TPSA) is 65.9 Å². The lowest BCUT2D eigenvalue weighted by Gasteiger charge is -2.33. The Bertz CT molecular complexity index is 447. The number of piperidine rings is 1. The van der Waals surface area contributed by atoms with Crippen LogP contribution in [0.5, 0.6) is 0 Å². The molecule has 2 heterocycles. The maximum Gasteiger partial charge on any atom is 0.148 e. The first-order chi connectivity index (χ1) is 8.76. The average Bonchev–Trinajstić information content (AvgIpc) is 2.41. The summed E-state index contributed by atoms with van der Waals surface area (Å²) in [7, 11) is 0. The van der Waals surface area contributed by atoms with E-state index in [1.54, 1.807) is 12.3 Å². The van der Waals surface area contributed by atoms with Gasteiger partial charge in [-0.3, -0.25) is 0 Å². The normalized spacial score (nSPS) is 16.6. The molecule has 0 atom stereocenters. The Hall–Kier alpha value is -1.31.